The zero-order valence-electron chi connectivity index (χ0n) is 11.7. The van der Waals surface area contributed by atoms with Crippen molar-refractivity contribution in [2.24, 2.45) is 5.41 Å². The number of aliphatic hydroxyl groups excluding tert-OH is 2. The van der Waals surface area contributed by atoms with Crippen molar-refractivity contribution in [2.75, 3.05) is 7.11 Å². The number of hydrogen-bond donors (Lipinski definition) is 2. The molecule has 0 amide bonds. The fraction of sp³-hybridized carbons (Fsp3) is 0.600. The van der Waals surface area contributed by atoms with E-state index in [0.29, 0.717) is 12.8 Å². The summed E-state index contributed by atoms with van der Waals surface area (Å²) in [6.45, 7) is 5.99. The Labute approximate surface area is 109 Å². The van der Waals surface area contributed by atoms with Crippen molar-refractivity contribution in [1.29, 1.82) is 0 Å². The van der Waals surface area contributed by atoms with Crippen LogP contribution < -0.4 is 4.74 Å². The number of ether oxygens (including phenoxy) is 1. The molecule has 0 saturated carbocycles. The van der Waals surface area contributed by atoms with Gasteiger partial charge in [0, 0.05) is 0 Å². The predicted molar refractivity (Wildman–Crippen MR) is 72.6 cm³/mol. The van der Waals surface area contributed by atoms with Gasteiger partial charge in [-0.3, -0.25) is 0 Å². The third-order valence-electron chi connectivity index (χ3n) is 3.19. The quantitative estimate of drug-likeness (QED) is 0.847. The molecule has 102 valence electrons. The van der Waals surface area contributed by atoms with Crippen LogP contribution in [-0.4, -0.2) is 23.4 Å². The van der Waals surface area contributed by atoms with Crippen LogP contribution in [0.4, 0.5) is 0 Å². The number of rotatable bonds is 5. The third kappa shape index (κ3) is 4.31. The first-order chi connectivity index (χ1) is 8.34. The zero-order valence-corrected chi connectivity index (χ0v) is 11.7. The lowest BCUT2D eigenvalue weighted by Crippen LogP contribution is -2.26. The number of methoxy groups -OCH3 is 1. The van der Waals surface area contributed by atoms with Gasteiger partial charge in [-0.2, -0.15) is 0 Å². The standard InChI is InChI=1S/C15H24O3/c1-15(2,3)14(17)9-8-13(16)11-6-5-7-12(10-11)18-4/h5-7,10,13-14,16-17H,8-9H2,1-4H3. The monoisotopic (exact) mass is 252 g/mol. The molecule has 0 aliphatic rings. The first-order valence-electron chi connectivity index (χ1n) is 6.34. The summed E-state index contributed by atoms with van der Waals surface area (Å²) in [7, 11) is 1.61. The average molecular weight is 252 g/mol. The van der Waals surface area contributed by atoms with Gasteiger partial charge in [0.05, 0.1) is 19.3 Å². The second-order valence-electron chi connectivity index (χ2n) is 5.75. The van der Waals surface area contributed by atoms with Crippen LogP contribution in [-0.2, 0) is 0 Å². The number of hydrogen-bond acceptors (Lipinski definition) is 3. The van der Waals surface area contributed by atoms with Crippen molar-refractivity contribution >= 4 is 0 Å². The van der Waals surface area contributed by atoms with Crippen molar-refractivity contribution < 1.29 is 14.9 Å². The SMILES string of the molecule is COc1cccc(C(O)CCC(O)C(C)(C)C)c1. The highest BCUT2D eigenvalue weighted by Gasteiger charge is 2.23. The summed E-state index contributed by atoms with van der Waals surface area (Å²) in [4.78, 5) is 0. The van der Waals surface area contributed by atoms with E-state index in [1.807, 2.05) is 45.0 Å². The Kier molecular flexibility index (Phi) is 5.17. The van der Waals surface area contributed by atoms with Gasteiger partial charge in [0.15, 0.2) is 0 Å². The van der Waals surface area contributed by atoms with Gasteiger partial charge in [-0.25, -0.2) is 0 Å². The second kappa shape index (κ2) is 6.21. The third-order valence-corrected chi connectivity index (χ3v) is 3.19. The van der Waals surface area contributed by atoms with Crippen molar-refractivity contribution in [3.63, 3.8) is 0 Å². The molecule has 3 nitrogen and oxygen atoms in total. The molecule has 3 heteroatoms. The highest BCUT2D eigenvalue weighted by Crippen LogP contribution is 2.27. The van der Waals surface area contributed by atoms with E-state index in [9.17, 15) is 10.2 Å². The van der Waals surface area contributed by atoms with Gasteiger partial charge < -0.3 is 14.9 Å². The molecule has 2 N–H and O–H groups in total. The first-order valence-corrected chi connectivity index (χ1v) is 6.34. The predicted octanol–water partition coefficient (Wildman–Crippen LogP) is 2.92. The van der Waals surface area contributed by atoms with Crippen LogP contribution in [0, 0.1) is 5.41 Å². The molecular weight excluding hydrogens is 228 g/mol. The minimum absolute atomic E-state index is 0.145. The van der Waals surface area contributed by atoms with E-state index in [4.69, 9.17) is 4.74 Å². The molecule has 0 saturated heterocycles. The van der Waals surface area contributed by atoms with Crippen LogP contribution >= 0.6 is 0 Å². The fourth-order valence-corrected chi connectivity index (χ4v) is 1.76. The summed E-state index contributed by atoms with van der Waals surface area (Å²) >= 11 is 0. The Morgan fingerprint density at radius 1 is 1.17 bits per heavy atom. The normalized spacial score (nSPS) is 15.2. The van der Waals surface area contributed by atoms with Gasteiger partial charge in [0.25, 0.3) is 0 Å². The smallest absolute Gasteiger partial charge is 0.119 e. The highest BCUT2D eigenvalue weighted by atomic mass is 16.5. The highest BCUT2D eigenvalue weighted by molar-refractivity contribution is 5.29. The first kappa shape index (κ1) is 15.0. The van der Waals surface area contributed by atoms with Gasteiger partial charge in [0.1, 0.15) is 5.75 Å². The van der Waals surface area contributed by atoms with Crippen molar-refractivity contribution in [2.45, 2.75) is 45.8 Å². The Morgan fingerprint density at radius 2 is 1.83 bits per heavy atom. The molecule has 0 aliphatic heterocycles. The van der Waals surface area contributed by atoms with Crippen LogP contribution in [0.5, 0.6) is 5.75 Å². The summed E-state index contributed by atoms with van der Waals surface area (Å²) in [6, 6.07) is 7.41. The molecule has 18 heavy (non-hydrogen) atoms. The molecule has 0 radical (unpaired) electrons. The van der Waals surface area contributed by atoms with Crippen molar-refractivity contribution in [3.8, 4) is 5.75 Å². The van der Waals surface area contributed by atoms with Crippen LogP contribution in [0.25, 0.3) is 0 Å². The minimum atomic E-state index is -0.558. The molecule has 0 aromatic heterocycles. The minimum Gasteiger partial charge on any atom is -0.497 e. The van der Waals surface area contributed by atoms with E-state index in [1.165, 1.54) is 0 Å². The summed E-state index contributed by atoms with van der Waals surface area (Å²) in [5.74, 6) is 0.739. The molecule has 1 aromatic rings. The molecule has 2 unspecified atom stereocenters. The van der Waals surface area contributed by atoms with E-state index in [-0.39, 0.29) is 5.41 Å². The topological polar surface area (TPSA) is 49.7 Å². The maximum atomic E-state index is 10.1. The summed E-state index contributed by atoms with van der Waals surface area (Å²) in [6.07, 6.45) is 0.169. The molecule has 0 fully saturated rings. The van der Waals surface area contributed by atoms with E-state index in [2.05, 4.69) is 0 Å². The van der Waals surface area contributed by atoms with Crippen molar-refractivity contribution in [1.82, 2.24) is 0 Å². The average Bonchev–Trinajstić information content (AvgIpc) is 2.34. The summed E-state index contributed by atoms with van der Waals surface area (Å²) in [5.41, 5.74) is 0.684. The van der Waals surface area contributed by atoms with Gasteiger partial charge >= 0.3 is 0 Å². The van der Waals surface area contributed by atoms with E-state index < -0.39 is 12.2 Å². The van der Waals surface area contributed by atoms with Gasteiger partial charge in [-0.1, -0.05) is 32.9 Å². The van der Waals surface area contributed by atoms with Gasteiger partial charge in [-0.15, -0.1) is 0 Å². The van der Waals surface area contributed by atoms with Crippen LogP contribution in [0.3, 0.4) is 0 Å². The maximum absolute atomic E-state index is 10.1. The molecular formula is C15H24O3. The molecule has 1 rings (SSSR count). The van der Waals surface area contributed by atoms with Gasteiger partial charge in [-0.05, 0) is 36.0 Å². The lowest BCUT2D eigenvalue weighted by molar-refractivity contribution is 0.0390. The Hall–Kier alpha value is -1.06. The van der Waals surface area contributed by atoms with Crippen LogP contribution in [0.15, 0.2) is 24.3 Å². The van der Waals surface area contributed by atoms with Crippen LogP contribution in [0.1, 0.15) is 45.3 Å². The fourth-order valence-electron chi connectivity index (χ4n) is 1.76. The zero-order chi connectivity index (χ0) is 13.8. The maximum Gasteiger partial charge on any atom is 0.119 e. The Morgan fingerprint density at radius 3 is 2.39 bits per heavy atom. The van der Waals surface area contributed by atoms with E-state index in [0.717, 1.165) is 11.3 Å². The number of benzene rings is 1. The molecule has 0 heterocycles. The Bertz CT molecular complexity index is 368. The number of aliphatic hydroxyl groups is 2. The molecule has 2 atom stereocenters. The Balaban J connectivity index is 2.57. The van der Waals surface area contributed by atoms with Crippen LogP contribution in [0.2, 0.25) is 0 Å². The lowest BCUT2D eigenvalue weighted by Gasteiger charge is -2.26. The summed E-state index contributed by atoms with van der Waals surface area (Å²) < 4.78 is 5.12. The largest absolute Gasteiger partial charge is 0.497 e. The molecule has 0 spiro atoms. The lowest BCUT2D eigenvalue weighted by atomic mass is 9.85. The second-order valence-corrected chi connectivity index (χ2v) is 5.75. The molecule has 0 bridgehead atoms. The van der Waals surface area contributed by atoms with Crippen molar-refractivity contribution in [3.05, 3.63) is 29.8 Å². The molecule has 0 aliphatic carbocycles. The molecule has 1 aromatic carbocycles. The summed E-state index contributed by atoms with van der Waals surface area (Å²) in [5, 5.41) is 20.0. The van der Waals surface area contributed by atoms with E-state index >= 15 is 0 Å². The van der Waals surface area contributed by atoms with E-state index in [1.54, 1.807) is 7.11 Å². The van der Waals surface area contributed by atoms with Gasteiger partial charge in [0.2, 0.25) is 0 Å².